The molecular weight excluding hydrogens is 178 g/mol. The SMILES string of the molecule is CC(CCCC(=O)O)N1CC2(CC2)C1. The Morgan fingerprint density at radius 3 is 2.64 bits per heavy atom. The molecule has 1 unspecified atom stereocenters. The highest BCUT2D eigenvalue weighted by molar-refractivity contribution is 5.66. The van der Waals surface area contributed by atoms with Gasteiger partial charge in [-0.05, 0) is 38.0 Å². The first kappa shape index (κ1) is 9.97. The van der Waals surface area contributed by atoms with E-state index in [0.29, 0.717) is 12.5 Å². The van der Waals surface area contributed by atoms with Crippen LogP contribution in [0.4, 0.5) is 0 Å². The van der Waals surface area contributed by atoms with Crippen LogP contribution < -0.4 is 0 Å². The van der Waals surface area contributed by atoms with Crippen molar-refractivity contribution in [1.82, 2.24) is 4.90 Å². The molecule has 1 atom stereocenters. The van der Waals surface area contributed by atoms with Gasteiger partial charge in [0.25, 0.3) is 0 Å². The molecule has 0 aromatic rings. The molecule has 1 spiro atoms. The molecule has 3 heteroatoms. The molecular formula is C11H19NO2. The van der Waals surface area contributed by atoms with Gasteiger partial charge in [0.05, 0.1) is 0 Å². The molecule has 2 aliphatic rings. The smallest absolute Gasteiger partial charge is 0.303 e. The lowest BCUT2D eigenvalue weighted by Crippen LogP contribution is -2.52. The summed E-state index contributed by atoms with van der Waals surface area (Å²) in [4.78, 5) is 12.8. The van der Waals surface area contributed by atoms with Gasteiger partial charge in [-0.15, -0.1) is 0 Å². The van der Waals surface area contributed by atoms with E-state index < -0.39 is 5.97 Å². The second kappa shape index (κ2) is 3.54. The van der Waals surface area contributed by atoms with Crippen molar-refractivity contribution in [2.45, 2.75) is 45.1 Å². The van der Waals surface area contributed by atoms with E-state index in [1.807, 2.05) is 0 Å². The molecule has 3 nitrogen and oxygen atoms in total. The number of rotatable bonds is 5. The molecule has 0 bridgehead atoms. The van der Waals surface area contributed by atoms with Gasteiger partial charge in [0, 0.05) is 25.6 Å². The number of nitrogens with zero attached hydrogens (tertiary/aromatic N) is 1. The number of carboxylic acid groups (broad SMARTS) is 1. The highest BCUT2D eigenvalue weighted by Crippen LogP contribution is 2.53. The average molecular weight is 197 g/mol. The quantitative estimate of drug-likeness (QED) is 0.729. The lowest BCUT2D eigenvalue weighted by molar-refractivity contribution is -0.137. The third-order valence-electron chi connectivity index (χ3n) is 3.67. The first-order valence-electron chi connectivity index (χ1n) is 5.57. The Kier molecular flexibility index (Phi) is 2.52. The highest BCUT2D eigenvalue weighted by Gasteiger charge is 2.52. The Morgan fingerprint density at radius 2 is 2.14 bits per heavy atom. The van der Waals surface area contributed by atoms with Crippen molar-refractivity contribution in [3.8, 4) is 0 Å². The first-order valence-corrected chi connectivity index (χ1v) is 5.57. The monoisotopic (exact) mass is 197 g/mol. The van der Waals surface area contributed by atoms with Crippen molar-refractivity contribution in [3.63, 3.8) is 0 Å². The van der Waals surface area contributed by atoms with Crippen LogP contribution in [0.3, 0.4) is 0 Å². The Bertz CT molecular complexity index is 227. The summed E-state index contributed by atoms with van der Waals surface area (Å²) in [5.41, 5.74) is 0.723. The van der Waals surface area contributed by atoms with E-state index in [1.165, 1.54) is 25.9 Å². The first-order chi connectivity index (χ1) is 6.61. The predicted molar refractivity (Wildman–Crippen MR) is 54.2 cm³/mol. The maximum absolute atomic E-state index is 10.3. The largest absolute Gasteiger partial charge is 0.481 e. The van der Waals surface area contributed by atoms with Gasteiger partial charge in [-0.25, -0.2) is 0 Å². The fraction of sp³-hybridized carbons (Fsp3) is 0.909. The number of hydrogen-bond acceptors (Lipinski definition) is 2. The standard InChI is InChI=1S/C11H19NO2/c1-9(3-2-4-10(13)14)12-7-11(8-12)5-6-11/h9H,2-8H2,1H3,(H,13,14). The normalized spacial score (nSPS) is 25.8. The summed E-state index contributed by atoms with van der Waals surface area (Å²) >= 11 is 0. The van der Waals surface area contributed by atoms with Crippen LogP contribution in [0, 0.1) is 5.41 Å². The van der Waals surface area contributed by atoms with Gasteiger partial charge in [-0.1, -0.05) is 0 Å². The molecule has 14 heavy (non-hydrogen) atoms. The van der Waals surface area contributed by atoms with E-state index in [9.17, 15) is 4.79 Å². The van der Waals surface area contributed by atoms with Crippen LogP contribution in [0.15, 0.2) is 0 Å². The molecule has 2 rings (SSSR count). The van der Waals surface area contributed by atoms with E-state index in [1.54, 1.807) is 0 Å². The van der Waals surface area contributed by atoms with Crippen LogP contribution in [-0.2, 0) is 4.79 Å². The van der Waals surface area contributed by atoms with Crippen molar-refractivity contribution in [3.05, 3.63) is 0 Å². The summed E-state index contributed by atoms with van der Waals surface area (Å²) in [6.45, 7) is 4.75. The summed E-state index contributed by atoms with van der Waals surface area (Å²) in [7, 11) is 0. The van der Waals surface area contributed by atoms with Crippen molar-refractivity contribution in [1.29, 1.82) is 0 Å². The fourth-order valence-corrected chi connectivity index (χ4v) is 2.35. The Hall–Kier alpha value is -0.570. The molecule has 0 radical (unpaired) electrons. The summed E-state index contributed by atoms with van der Waals surface area (Å²) in [6, 6.07) is 0.584. The molecule has 0 aromatic heterocycles. The topological polar surface area (TPSA) is 40.5 Å². The second-order valence-corrected chi connectivity index (χ2v) is 5.04. The van der Waals surface area contributed by atoms with E-state index in [-0.39, 0.29) is 0 Å². The Morgan fingerprint density at radius 1 is 1.50 bits per heavy atom. The molecule has 1 N–H and O–H groups in total. The van der Waals surface area contributed by atoms with Gasteiger partial charge >= 0.3 is 5.97 Å². The van der Waals surface area contributed by atoms with Gasteiger partial charge in [0.2, 0.25) is 0 Å². The van der Waals surface area contributed by atoms with Crippen LogP contribution in [0.2, 0.25) is 0 Å². The number of likely N-dealkylation sites (tertiary alicyclic amines) is 1. The van der Waals surface area contributed by atoms with Crippen LogP contribution in [0.1, 0.15) is 39.0 Å². The average Bonchev–Trinajstić information content (AvgIpc) is 2.79. The number of carboxylic acids is 1. The highest BCUT2D eigenvalue weighted by atomic mass is 16.4. The summed E-state index contributed by atoms with van der Waals surface area (Å²) in [5, 5.41) is 8.52. The van der Waals surface area contributed by atoms with Crippen molar-refractivity contribution < 1.29 is 9.90 Å². The van der Waals surface area contributed by atoms with Gasteiger partial charge in [-0.2, -0.15) is 0 Å². The number of aliphatic carboxylic acids is 1. The molecule has 1 aliphatic heterocycles. The molecule has 1 heterocycles. The minimum atomic E-state index is -0.667. The molecule has 80 valence electrons. The minimum absolute atomic E-state index is 0.323. The lowest BCUT2D eigenvalue weighted by Gasteiger charge is -2.44. The number of hydrogen-bond donors (Lipinski definition) is 1. The van der Waals surface area contributed by atoms with Gasteiger partial charge in [0.1, 0.15) is 0 Å². The summed E-state index contributed by atoms with van der Waals surface area (Å²) < 4.78 is 0. The zero-order valence-electron chi connectivity index (χ0n) is 8.83. The third-order valence-corrected chi connectivity index (χ3v) is 3.67. The molecule has 1 saturated carbocycles. The van der Waals surface area contributed by atoms with Crippen LogP contribution in [-0.4, -0.2) is 35.1 Å². The molecule has 2 fully saturated rings. The summed E-state index contributed by atoms with van der Waals surface area (Å²) in [5.74, 6) is -0.667. The zero-order valence-corrected chi connectivity index (χ0v) is 8.83. The molecule has 0 aromatic carbocycles. The molecule has 1 saturated heterocycles. The van der Waals surface area contributed by atoms with Crippen LogP contribution in [0.25, 0.3) is 0 Å². The maximum atomic E-state index is 10.3. The minimum Gasteiger partial charge on any atom is -0.481 e. The van der Waals surface area contributed by atoms with Crippen LogP contribution >= 0.6 is 0 Å². The van der Waals surface area contributed by atoms with E-state index in [4.69, 9.17) is 5.11 Å². The van der Waals surface area contributed by atoms with E-state index in [2.05, 4.69) is 11.8 Å². The van der Waals surface area contributed by atoms with Crippen molar-refractivity contribution in [2.24, 2.45) is 5.41 Å². The van der Waals surface area contributed by atoms with E-state index in [0.717, 1.165) is 18.3 Å². The predicted octanol–water partition coefficient (Wildman–Crippen LogP) is 1.73. The van der Waals surface area contributed by atoms with Crippen LogP contribution in [0.5, 0.6) is 0 Å². The van der Waals surface area contributed by atoms with Crippen molar-refractivity contribution in [2.75, 3.05) is 13.1 Å². The molecule has 0 amide bonds. The second-order valence-electron chi connectivity index (χ2n) is 5.04. The zero-order chi connectivity index (χ0) is 10.2. The number of carbonyl (C=O) groups is 1. The van der Waals surface area contributed by atoms with Crippen molar-refractivity contribution >= 4 is 5.97 Å². The van der Waals surface area contributed by atoms with Gasteiger partial charge in [0.15, 0.2) is 0 Å². The van der Waals surface area contributed by atoms with Gasteiger partial charge in [-0.3, -0.25) is 9.69 Å². The van der Waals surface area contributed by atoms with E-state index >= 15 is 0 Å². The lowest BCUT2D eigenvalue weighted by atomic mass is 9.93. The summed E-state index contributed by atoms with van der Waals surface area (Å²) in [6.07, 6.45) is 5.02. The Labute approximate surface area is 85.1 Å². The Balaban J connectivity index is 1.59. The maximum Gasteiger partial charge on any atom is 0.303 e. The molecule has 1 aliphatic carbocycles. The van der Waals surface area contributed by atoms with Gasteiger partial charge < -0.3 is 5.11 Å². The fourth-order valence-electron chi connectivity index (χ4n) is 2.35. The third kappa shape index (κ3) is 2.08.